The molecule has 2 heteroatoms. The van der Waals surface area contributed by atoms with Crippen LogP contribution in [-0.4, -0.2) is 36.9 Å². The van der Waals surface area contributed by atoms with Crippen molar-refractivity contribution in [1.29, 1.82) is 0 Å². The maximum absolute atomic E-state index is 11.2. The molecular weight excluding hydrogens is 198 g/mol. The maximum atomic E-state index is 11.2. The lowest BCUT2D eigenvalue weighted by atomic mass is 10.1. The molecule has 1 aliphatic heterocycles. The Kier molecular flexibility index (Phi) is 6.04. The molecule has 0 saturated carbocycles. The third-order valence-corrected chi connectivity index (χ3v) is 3.91. The van der Waals surface area contributed by atoms with Gasteiger partial charge in [-0.15, -0.1) is 0 Å². The van der Waals surface area contributed by atoms with Crippen LogP contribution in [0.15, 0.2) is 0 Å². The second-order valence-electron chi connectivity index (χ2n) is 5.60. The second-order valence-corrected chi connectivity index (χ2v) is 5.60. The van der Waals surface area contributed by atoms with E-state index in [2.05, 4.69) is 14.0 Å². The van der Waals surface area contributed by atoms with Gasteiger partial charge in [0.1, 0.15) is 5.78 Å². The third kappa shape index (κ3) is 5.11. The van der Waals surface area contributed by atoms with Gasteiger partial charge in [-0.3, -0.25) is 4.79 Å². The Hall–Kier alpha value is -0.370. The number of ketones is 1. The van der Waals surface area contributed by atoms with Crippen LogP contribution in [0.4, 0.5) is 0 Å². The second kappa shape index (κ2) is 7.05. The highest BCUT2D eigenvalue weighted by atomic mass is 16.1. The quantitative estimate of drug-likeness (QED) is 0.481. The smallest absolute Gasteiger partial charge is 0.144 e. The van der Waals surface area contributed by atoms with Gasteiger partial charge in [0.25, 0.3) is 0 Å². The number of likely N-dealkylation sites (tertiary alicyclic amines) is 1. The third-order valence-electron chi connectivity index (χ3n) is 3.91. The molecule has 0 unspecified atom stereocenters. The number of rotatable bonds is 7. The number of hydrogen-bond acceptors (Lipinski definition) is 1. The largest absolute Gasteiger partial charge is 0.325 e. The summed E-state index contributed by atoms with van der Waals surface area (Å²) < 4.78 is 1.14. The number of nitrogens with zero attached hydrogens (tertiary/aromatic N) is 1. The summed E-state index contributed by atoms with van der Waals surface area (Å²) >= 11 is 0. The van der Waals surface area contributed by atoms with Gasteiger partial charge in [0.15, 0.2) is 0 Å². The number of quaternary nitrogens is 1. The first kappa shape index (κ1) is 13.7. The fraction of sp³-hybridized carbons (Fsp3) is 0.929. The summed E-state index contributed by atoms with van der Waals surface area (Å²) in [5.41, 5.74) is 0. The molecule has 0 atom stereocenters. The summed E-state index contributed by atoms with van der Waals surface area (Å²) in [6.45, 7) is 5.69. The summed E-state index contributed by atoms with van der Waals surface area (Å²) in [6.07, 6.45) is 9.86. The predicted molar refractivity (Wildman–Crippen MR) is 68.4 cm³/mol. The predicted octanol–water partition coefficient (Wildman–Crippen LogP) is 3.16. The normalized spacial score (nSPS) is 20.0. The first-order chi connectivity index (χ1) is 7.66. The fourth-order valence-corrected chi connectivity index (χ4v) is 2.52. The topological polar surface area (TPSA) is 17.1 Å². The lowest BCUT2D eigenvalue weighted by Gasteiger charge is -2.37. The highest BCUT2D eigenvalue weighted by Gasteiger charge is 2.27. The molecule has 0 N–H and O–H groups in total. The van der Waals surface area contributed by atoms with Crippen LogP contribution in [0.25, 0.3) is 0 Å². The average molecular weight is 226 g/mol. The first-order valence-corrected chi connectivity index (χ1v) is 7.01. The van der Waals surface area contributed by atoms with Gasteiger partial charge in [0.05, 0.1) is 39.5 Å². The SMILES string of the molecule is CCCCCCCC[N+]1(C)CCC(=O)CC1. The fourth-order valence-electron chi connectivity index (χ4n) is 2.52. The van der Waals surface area contributed by atoms with Crippen molar-refractivity contribution in [2.24, 2.45) is 0 Å². The van der Waals surface area contributed by atoms with E-state index in [-0.39, 0.29) is 0 Å². The Morgan fingerprint density at radius 1 is 1.00 bits per heavy atom. The standard InChI is InChI=1S/C14H28NO/c1-3-4-5-6-7-8-11-15(2)12-9-14(16)10-13-15/h3-13H2,1-2H3/q+1. The van der Waals surface area contributed by atoms with E-state index in [9.17, 15) is 4.79 Å². The van der Waals surface area contributed by atoms with Crippen molar-refractivity contribution in [3.63, 3.8) is 0 Å². The van der Waals surface area contributed by atoms with Crippen LogP contribution in [-0.2, 0) is 4.79 Å². The highest BCUT2D eigenvalue weighted by molar-refractivity contribution is 5.78. The van der Waals surface area contributed by atoms with E-state index < -0.39 is 0 Å². The molecule has 0 aromatic carbocycles. The number of hydrogen-bond donors (Lipinski definition) is 0. The molecule has 1 saturated heterocycles. The van der Waals surface area contributed by atoms with E-state index in [1.54, 1.807) is 0 Å². The van der Waals surface area contributed by atoms with E-state index in [1.165, 1.54) is 45.1 Å². The van der Waals surface area contributed by atoms with Crippen molar-refractivity contribution in [2.75, 3.05) is 26.7 Å². The molecule has 94 valence electrons. The minimum atomic E-state index is 0.471. The van der Waals surface area contributed by atoms with Crippen molar-refractivity contribution < 1.29 is 9.28 Å². The summed E-state index contributed by atoms with van der Waals surface area (Å²) in [4.78, 5) is 11.2. The van der Waals surface area contributed by atoms with Gasteiger partial charge in [-0.1, -0.05) is 32.6 Å². The molecule has 0 radical (unpaired) electrons. The molecule has 0 spiro atoms. The zero-order valence-electron chi connectivity index (χ0n) is 11.1. The molecule has 0 aromatic rings. The minimum absolute atomic E-state index is 0.471. The average Bonchev–Trinajstić information content (AvgIpc) is 2.28. The monoisotopic (exact) mass is 226 g/mol. The van der Waals surface area contributed by atoms with Gasteiger partial charge in [0, 0.05) is 0 Å². The zero-order chi connectivity index (χ0) is 11.9. The molecule has 0 aliphatic carbocycles. The lowest BCUT2D eigenvalue weighted by molar-refractivity contribution is -0.911. The van der Waals surface area contributed by atoms with Crippen LogP contribution >= 0.6 is 0 Å². The van der Waals surface area contributed by atoms with Crippen molar-refractivity contribution in [3.05, 3.63) is 0 Å². The summed E-state index contributed by atoms with van der Waals surface area (Å²) in [7, 11) is 2.32. The number of carbonyl (C=O) groups excluding carboxylic acids is 1. The minimum Gasteiger partial charge on any atom is -0.325 e. The van der Waals surface area contributed by atoms with E-state index in [1.807, 2.05) is 0 Å². The summed E-state index contributed by atoms with van der Waals surface area (Å²) in [5.74, 6) is 0.471. The highest BCUT2D eigenvalue weighted by Crippen LogP contribution is 2.16. The van der Waals surface area contributed by atoms with Crippen LogP contribution < -0.4 is 0 Å². The molecule has 1 rings (SSSR count). The molecular formula is C14H28NO+. The molecule has 2 nitrogen and oxygen atoms in total. The number of piperidine rings is 1. The van der Waals surface area contributed by atoms with Crippen LogP contribution in [0.5, 0.6) is 0 Å². The van der Waals surface area contributed by atoms with Gasteiger partial charge in [-0.2, -0.15) is 0 Å². The van der Waals surface area contributed by atoms with E-state index in [0.717, 1.165) is 30.4 Å². The van der Waals surface area contributed by atoms with E-state index in [0.29, 0.717) is 5.78 Å². The first-order valence-electron chi connectivity index (χ1n) is 7.01. The Morgan fingerprint density at radius 3 is 2.19 bits per heavy atom. The van der Waals surface area contributed by atoms with Crippen LogP contribution in [0, 0.1) is 0 Å². The maximum Gasteiger partial charge on any atom is 0.144 e. The zero-order valence-corrected chi connectivity index (χ0v) is 11.1. The Balaban J connectivity index is 2.05. The molecule has 1 aliphatic rings. The van der Waals surface area contributed by atoms with Gasteiger partial charge < -0.3 is 4.48 Å². The van der Waals surface area contributed by atoms with Gasteiger partial charge in [-0.25, -0.2) is 0 Å². The van der Waals surface area contributed by atoms with Gasteiger partial charge in [-0.05, 0) is 12.8 Å². The molecule has 0 bridgehead atoms. The van der Waals surface area contributed by atoms with Crippen molar-refractivity contribution in [3.8, 4) is 0 Å². The Labute approximate surface area is 101 Å². The van der Waals surface area contributed by atoms with Gasteiger partial charge >= 0.3 is 0 Å². The van der Waals surface area contributed by atoms with Crippen LogP contribution in [0.1, 0.15) is 58.3 Å². The van der Waals surface area contributed by atoms with Crippen molar-refractivity contribution in [1.82, 2.24) is 0 Å². The number of unbranched alkanes of at least 4 members (excludes halogenated alkanes) is 5. The lowest BCUT2D eigenvalue weighted by Crippen LogP contribution is -2.50. The molecule has 1 heterocycles. The van der Waals surface area contributed by atoms with E-state index >= 15 is 0 Å². The number of carbonyl (C=O) groups is 1. The van der Waals surface area contributed by atoms with E-state index in [4.69, 9.17) is 0 Å². The van der Waals surface area contributed by atoms with Gasteiger partial charge in [0.2, 0.25) is 0 Å². The van der Waals surface area contributed by atoms with Crippen molar-refractivity contribution >= 4 is 5.78 Å². The molecule has 0 aromatic heterocycles. The molecule has 16 heavy (non-hydrogen) atoms. The van der Waals surface area contributed by atoms with Crippen LogP contribution in [0.2, 0.25) is 0 Å². The van der Waals surface area contributed by atoms with Crippen LogP contribution in [0.3, 0.4) is 0 Å². The Bertz CT molecular complexity index is 203. The van der Waals surface area contributed by atoms with Crippen molar-refractivity contribution in [2.45, 2.75) is 58.3 Å². The summed E-state index contributed by atoms with van der Waals surface area (Å²) in [5, 5.41) is 0. The summed E-state index contributed by atoms with van der Waals surface area (Å²) in [6, 6.07) is 0. The Morgan fingerprint density at radius 2 is 1.56 bits per heavy atom. The molecule has 0 amide bonds. The number of Topliss-reactive ketones (excluding diaryl/α,β-unsaturated/α-hetero) is 1. The molecule has 1 fully saturated rings.